The van der Waals surface area contributed by atoms with Crippen LogP contribution in [0.2, 0.25) is 0 Å². The summed E-state index contributed by atoms with van der Waals surface area (Å²) in [6.07, 6.45) is 2.72. The lowest BCUT2D eigenvalue weighted by atomic mass is 9.97. The molecule has 0 bridgehead atoms. The van der Waals surface area contributed by atoms with Crippen molar-refractivity contribution >= 4 is 18.1 Å². The van der Waals surface area contributed by atoms with Crippen LogP contribution >= 0.6 is 0 Å². The SMILES string of the molecule is O=CC1(NC(=O)C2C(=O)NCC2O)CCCC1. The number of aldehydes is 1. The third-order valence-corrected chi connectivity index (χ3v) is 3.53. The monoisotopic (exact) mass is 240 g/mol. The zero-order valence-corrected chi connectivity index (χ0v) is 9.44. The maximum absolute atomic E-state index is 11.9. The number of hydrogen-bond acceptors (Lipinski definition) is 4. The normalized spacial score (nSPS) is 31.0. The van der Waals surface area contributed by atoms with Crippen molar-refractivity contribution in [1.82, 2.24) is 10.6 Å². The van der Waals surface area contributed by atoms with Crippen LogP contribution in [0.1, 0.15) is 25.7 Å². The molecule has 1 saturated heterocycles. The van der Waals surface area contributed by atoms with E-state index in [0.717, 1.165) is 19.1 Å². The second kappa shape index (κ2) is 4.44. The molecule has 0 spiro atoms. The van der Waals surface area contributed by atoms with E-state index >= 15 is 0 Å². The largest absolute Gasteiger partial charge is 0.390 e. The third-order valence-electron chi connectivity index (χ3n) is 3.53. The van der Waals surface area contributed by atoms with Crippen LogP contribution in [0.5, 0.6) is 0 Å². The lowest BCUT2D eigenvalue weighted by Gasteiger charge is -2.25. The molecule has 2 rings (SSSR count). The Morgan fingerprint density at radius 2 is 2.12 bits per heavy atom. The first-order chi connectivity index (χ1) is 8.08. The number of amides is 2. The van der Waals surface area contributed by atoms with Gasteiger partial charge in [0.05, 0.1) is 11.6 Å². The predicted molar refractivity (Wildman–Crippen MR) is 57.9 cm³/mol. The van der Waals surface area contributed by atoms with E-state index in [0.29, 0.717) is 12.8 Å². The summed E-state index contributed by atoms with van der Waals surface area (Å²) in [5.41, 5.74) is -0.834. The van der Waals surface area contributed by atoms with Crippen LogP contribution in [0.4, 0.5) is 0 Å². The van der Waals surface area contributed by atoms with Gasteiger partial charge in [0.15, 0.2) is 0 Å². The Hall–Kier alpha value is -1.43. The van der Waals surface area contributed by atoms with Crippen molar-refractivity contribution in [2.24, 2.45) is 5.92 Å². The molecule has 2 fully saturated rings. The van der Waals surface area contributed by atoms with Gasteiger partial charge in [0.2, 0.25) is 11.8 Å². The van der Waals surface area contributed by atoms with Gasteiger partial charge in [-0.05, 0) is 12.8 Å². The fourth-order valence-electron chi connectivity index (χ4n) is 2.50. The lowest BCUT2D eigenvalue weighted by molar-refractivity contribution is -0.138. The molecule has 94 valence electrons. The molecule has 1 heterocycles. The zero-order chi connectivity index (χ0) is 12.5. The molecule has 6 nitrogen and oxygen atoms in total. The first kappa shape index (κ1) is 12.0. The molecular weight excluding hydrogens is 224 g/mol. The standard InChI is InChI=1S/C11H16N2O4/c14-6-11(3-1-2-4-11)13-10(17)8-7(15)5-12-9(8)16/h6-8,15H,1-5H2,(H,12,16)(H,13,17). The van der Waals surface area contributed by atoms with Gasteiger partial charge in [-0.3, -0.25) is 9.59 Å². The van der Waals surface area contributed by atoms with E-state index in [1.807, 2.05) is 0 Å². The molecule has 2 unspecified atom stereocenters. The molecule has 1 aliphatic carbocycles. The maximum Gasteiger partial charge on any atom is 0.236 e. The van der Waals surface area contributed by atoms with Crippen molar-refractivity contribution in [2.75, 3.05) is 6.54 Å². The topological polar surface area (TPSA) is 95.5 Å². The highest BCUT2D eigenvalue weighted by atomic mass is 16.3. The van der Waals surface area contributed by atoms with Crippen molar-refractivity contribution < 1.29 is 19.5 Å². The summed E-state index contributed by atoms with van der Waals surface area (Å²) in [7, 11) is 0. The van der Waals surface area contributed by atoms with E-state index < -0.39 is 29.4 Å². The van der Waals surface area contributed by atoms with Crippen LogP contribution in [0.15, 0.2) is 0 Å². The fourth-order valence-corrected chi connectivity index (χ4v) is 2.50. The van der Waals surface area contributed by atoms with Crippen LogP contribution in [0.25, 0.3) is 0 Å². The first-order valence-electron chi connectivity index (χ1n) is 5.82. The second-order valence-corrected chi connectivity index (χ2v) is 4.76. The van der Waals surface area contributed by atoms with E-state index in [1.165, 1.54) is 0 Å². The molecule has 17 heavy (non-hydrogen) atoms. The van der Waals surface area contributed by atoms with Gasteiger partial charge in [0.25, 0.3) is 0 Å². The molecule has 2 amide bonds. The van der Waals surface area contributed by atoms with E-state index in [9.17, 15) is 19.5 Å². The minimum atomic E-state index is -1.09. The number of carbonyl (C=O) groups is 3. The Morgan fingerprint density at radius 1 is 1.47 bits per heavy atom. The Bertz CT molecular complexity index is 349. The number of aliphatic hydroxyl groups excluding tert-OH is 1. The smallest absolute Gasteiger partial charge is 0.236 e. The van der Waals surface area contributed by atoms with Crippen molar-refractivity contribution in [3.63, 3.8) is 0 Å². The number of β-amino-alcohol motifs (C(OH)–C–C–N with tert-alkyl or cyclic N) is 1. The molecule has 3 N–H and O–H groups in total. The molecule has 2 aliphatic rings. The van der Waals surface area contributed by atoms with E-state index in [1.54, 1.807) is 0 Å². The zero-order valence-electron chi connectivity index (χ0n) is 9.44. The molecule has 1 saturated carbocycles. The van der Waals surface area contributed by atoms with Gasteiger partial charge >= 0.3 is 0 Å². The second-order valence-electron chi connectivity index (χ2n) is 4.76. The van der Waals surface area contributed by atoms with Gasteiger partial charge in [-0.1, -0.05) is 12.8 Å². The molecule has 0 aromatic heterocycles. The summed E-state index contributed by atoms with van der Waals surface area (Å²) in [6.45, 7) is 0.0883. The maximum atomic E-state index is 11.9. The molecule has 0 aromatic rings. The van der Waals surface area contributed by atoms with Crippen LogP contribution < -0.4 is 10.6 Å². The average Bonchev–Trinajstić information content (AvgIpc) is 2.87. The van der Waals surface area contributed by atoms with Crippen molar-refractivity contribution in [3.8, 4) is 0 Å². The molecule has 0 aromatic carbocycles. The van der Waals surface area contributed by atoms with Gasteiger partial charge in [0.1, 0.15) is 12.2 Å². The Labute approximate surface area is 98.8 Å². The van der Waals surface area contributed by atoms with E-state index in [4.69, 9.17) is 0 Å². The highest BCUT2D eigenvalue weighted by molar-refractivity contribution is 6.03. The number of nitrogens with one attached hydrogen (secondary N) is 2. The van der Waals surface area contributed by atoms with Crippen molar-refractivity contribution in [2.45, 2.75) is 37.3 Å². The van der Waals surface area contributed by atoms with Gasteiger partial charge in [-0.2, -0.15) is 0 Å². The number of rotatable bonds is 3. The molecule has 1 aliphatic heterocycles. The van der Waals surface area contributed by atoms with E-state index in [2.05, 4.69) is 10.6 Å². The van der Waals surface area contributed by atoms with Crippen LogP contribution in [0.3, 0.4) is 0 Å². The predicted octanol–water partition coefficient (Wildman–Crippen LogP) is -1.28. The first-order valence-corrected chi connectivity index (χ1v) is 5.82. The average molecular weight is 240 g/mol. The number of aliphatic hydroxyl groups is 1. The summed E-state index contributed by atoms with van der Waals surface area (Å²) in [6, 6.07) is 0. The van der Waals surface area contributed by atoms with Gasteiger partial charge < -0.3 is 20.5 Å². The minimum absolute atomic E-state index is 0.0883. The summed E-state index contributed by atoms with van der Waals surface area (Å²) in [4.78, 5) is 34.3. The Balaban J connectivity index is 2.05. The highest BCUT2D eigenvalue weighted by Gasteiger charge is 2.43. The summed E-state index contributed by atoms with van der Waals surface area (Å²) in [5.74, 6) is -2.12. The quantitative estimate of drug-likeness (QED) is 0.423. The van der Waals surface area contributed by atoms with Gasteiger partial charge in [0, 0.05) is 6.54 Å². The fraction of sp³-hybridized carbons (Fsp3) is 0.727. The Morgan fingerprint density at radius 3 is 2.59 bits per heavy atom. The van der Waals surface area contributed by atoms with Gasteiger partial charge in [-0.25, -0.2) is 0 Å². The van der Waals surface area contributed by atoms with Crippen molar-refractivity contribution in [1.29, 1.82) is 0 Å². The summed E-state index contributed by atoms with van der Waals surface area (Å²) in [5, 5.41) is 14.6. The summed E-state index contributed by atoms with van der Waals surface area (Å²) < 4.78 is 0. The molecule has 2 atom stereocenters. The highest BCUT2D eigenvalue weighted by Crippen LogP contribution is 2.28. The molecule has 6 heteroatoms. The van der Waals surface area contributed by atoms with Crippen LogP contribution in [0, 0.1) is 5.92 Å². The van der Waals surface area contributed by atoms with Gasteiger partial charge in [-0.15, -0.1) is 0 Å². The van der Waals surface area contributed by atoms with E-state index in [-0.39, 0.29) is 6.54 Å². The third kappa shape index (κ3) is 2.17. The van der Waals surface area contributed by atoms with Crippen LogP contribution in [-0.2, 0) is 14.4 Å². The van der Waals surface area contributed by atoms with Crippen LogP contribution in [-0.4, -0.2) is 41.4 Å². The van der Waals surface area contributed by atoms with Crippen molar-refractivity contribution in [3.05, 3.63) is 0 Å². The lowest BCUT2D eigenvalue weighted by Crippen LogP contribution is -2.52. The molecule has 0 radical (unpaired) electrons. The number of carbonyl (C=O) groups excluding carboxylic acids is 3. The Kier molecular flexibility index (Phi) is 3.15. The summed E-state index contributed by atoms with van der Waals surface area (Å²) >= 11 is 0. The number of hydrogen-bond donors (Lipinski definition) is 3. The minimum Gasteiger partial charge on any atom is -0.390 e. The molecular formula is C11H16N2O4.